The van der Waals surface area contributed by atoms with Crippen molar-refractivity contribution in [2.24, 2.45) is 0 Å². The summed E-state index contributed by atoms with van der Waals surface area (Å²) in [6.45, 7) is 9.46. The fourth-order valence-electron chi connectivity index (χ4n) is 3.13. The average molecular weight is 412 g/mol. The Labute approximate surface area is 174 Å². The lowest BCUT2D eigenvalue weighted by Gasteiger charge is -2.32. The molecule has 1 aliphatic rings. The van der Waals surface area contributed by atoms with Gasteiger partial charge in [0, 0.05) is 30.6 Å². The Balaban J connectivity index is 2.01. The molecule has 0 bridgehead atoms. The maximum atomic E-state index is 12.3. The van der Waals surface area contributed by atoms with Crippen LogP contribution in [0, 0.1) is 0 Å². The van der Waals surface area contributed by atoms with Crippen molar-refractivity contribution < 1.29 is 24.0 Å². The van der Waals surface area contributed by atoms with Gasteiger partial charge in [0.25, 0.3) is 0 Å². The number of aromatic nitrogens is 1. The van der Waals surface area contributed by atoms with Crippen molar-refractivity contribution in [2.75, 3.05) is 6.54 Å². The highest BCUT2D eigenvalue weighted by Crippen LogP contribution is 2.38. The van der Waals surface area contributed by atoms with Gasteiger partial charge in [0.05, 0.1) is 11.2 Å². The summed E-state index contributed by atoms with van der Waals surface area (Å²) in [5, 5.41) is 12.2. The van der Waals surface area contributed by atoms with Gasteiger partial charge in [0.15, 0.2) is 0 Å². The lowest BCUT2D eigenvalue weighted by Crippen LogP contribution is -2.41. The Hall–Kier alpha value is -2.91. The SMILES string of the molecule is CC(=O)NCC(=Cc1ccc2c(=O)c(C(=O)O)c[nH]c2c1)B1OC(C)(C)C(C)(C)O1. The first-order chi connectivity index (χ1) is 13.9. The van der Waals surface area contributed by atoms with Crippen LogP contribution in [0.1, 0.15) is 50.5 Å². The molecule has 0 radical (unpaired) electrons. The van der Waals surface area contributed by atoms with E-state index < -0.39 is 29.7 Å². The van der Waals surface area contributed by atoms with Gasteiger partial charge in [-0.1, -0.05) is 12.1 Å². The summed E-state index contributed by atoms with van der Waals surface area (Å²) in [4.78, 5) is 37.8. The van der Waals surface area contributed by atoms with Crippen molar-refractivity contribution in [3.8, 4) is 0 Å². The van der Waals surface area contributed by atoms with Crippen molar-refractivity contribution in [1.29, 1.82) is 0 Å². The molecule has 1 amide bonds. The van der Waals surface area contributed by atoms with Crippen molar-refractivity contribution in [2.45, 2.75) is 45.8 Å². The number of carboxylic acid groups (broad SMARTS) is 1. The zero-order valence-corrected chi connectivity index (χ0v) is 17.7. The lowest BCUT2D eigenvalue weighted by molar-refractivity contribution is -0.118. The number of nitrogens with one attached hydrogen (secondary N) is 2. The number of amides is 1. The molecule has 9 heteroatoms. The molecule has 3 rings (SSSR count). The van der Waals surface area contributed by atoms with Crippen LogP contribution in [0.2, 0.25) is 0 Å². The molecular formula is C21H25BN2O6. The van der Waals surface area contributed by atoms with E-state index in [1.165, 1.54) is 13.1 Å². The Kier molecular flexibility index (Phi) is 5.62. The second-order valence-electron chi connectivity index (χ2n) is 8.36. The molecule has 0 unspecified atom stereocenters. The van der Waals surface area contributed by atoms with Crippen LogP contribution in [0.4, 0.5) is 0 Å². The van der Waals surface area contributed by atoms with E-state index in [0.29, 0.717) is 11.0 Å². The van der Waals surface area contributed by atoms with E-state index in [0.717, 1.165) is 5.56 Å². The first-order valence-corrected chi connectivity index (χ1v) is 9.60. The van der Waals surface area contributed by atoms with Crippen molar-refractivity contribution in [3.05, 3.63) is 51.2 Å². The molecule has 2 aromatic rings. The minimum absolute atomic E-state index is 0.179. The van der Waals surface area contributed by atoms with Gasteiger partial charge in [-0.3, -0.25) is 9.59 Å². The molecule has 1 fully saturated rings. The number of hydrogen-bond donors (Lipinski definition) is 3. The first kappa shape index (κ1) is 21.8. The van der Waals surface area contributed by atoms with Gasteiger partial charge in [0.1, 0.15) is 5.56 Å². The largest absolute Gasteiger partial charge is 0.492 e. The standard InChI is InChI=1S/C21H25BN2O6/c1-12(25)23-10-14(22-29-20(2,3)21(4,5)30-22)8-13-6-7-15-17(9-13)24-11-16(18(15)26)19(27)28/h6-9,11H,10H2,1-5H3,(H,23,25)(H,24,26)(H,27,28). The van der Waals surface area contributed by atoms with E-state index in [1.54, 1.807) is 18.2 Å². The van der Waals surface area contributed by atoms with Crippen LogP contribution in [0.15, 0.2) is 34.7 Å². The number of fused-ring (bicyclic) bond motifs is 1. The molecule has 30 heavy (non-hydrogen) atoms. The molecule has 2 heterocycles. The predicted molar refractivity (Wildman–Crippen MR) is 114 cm³/mol. The maximum absolute atomic E-state index is 12.3. The molecule has 8 nitrogen and oxygen atoms in total. The van der Waals surface area contributed by atoms with E-state index in [4.69, 9.17) is 14.4 Å². The third-order valence-corrected chi connectivity index (χ3v) is 5.58. The van der Waals surface area contributed by atoms with Gasteiger partial charge in [0.2, 0.25) is 11.3 Å². The van der Waals surface area contributed by atoms with E-state index >= 15 is 0 Å². The average Bonchev–Trinajstić information content (AvgIpc) is 2.85. The van der Waals surface area contributed by atoms with Crippen LogP contribution in [0.25, 0.3) is 17.0 Å². The number of H-pyrrole nitrogens is 1. The van der Waals surface area contributed by atoms with Gasteiger partial charge in [-0.2, -0.15) is 0 Å². The normalized spacial score (nSPS) is 17.9. The van der Waals surface area contributed by atoms with E-state index in [-0.39, 0.29) is 23.4 Å². The zero-order chi connectivity index (χ0) is 22.3. The van der Waals surface area contributed by atoms with Gasteiger partial charge in [-0.25, -0.2) is 4.79 Å². The Bertz CT molecular complexity index is 1090. The zero-order valence-electron chi connectivity index (χ0n) is 17.7. The summed E-state index contributed by atoms with van der Waals surface area (Å²) in [6.07, 6.45) is 3.02. The summed E-state index contributed by atoms with van der Waals surface area (Å²) < 4.78 is 12.2. The molecule has 3 N–H and O–H groups in total. The minimum atomic E-state index is -1.28. The molecule has 0 saturated carbocycles. The number of benzene rings is 1. The molecule has 0 spiro atoms. The number of carboxylic acids is 1. The summed E-state index contributed by atoms with van der Waals surface area (Å²) in [7, 11) is -0.647. The Morgan fingerprint density at radius 3 is 2.40 bits per heavy atom. The molecule has 1 aromatic heterocycles. The monoisotopic (exact) mass is 412 g/mol. The van der Waals surface area contributed by atoms with Crippen molar-refractivity contribution in [1.82, 2.24) is 10.3 Å². The quantitative estimate of drug-likeness (QED) is 0.649. The topological polar surface area (TPSA) is 118 Å². The summed E-state index contributed by atoms with van der Waals surface area (Å²) in [5.41, 5.74) is 0.0463. The van der Waals surface area contributed by atoms with Crippen LogP contribution in [-0.2, 0) is 14.1 Å². The number of aromatic carboxylic acids is 1. The van der Waals surface area contributed by atoms with E-state index in [2.05, 4.69) is 10.3 Å². The highest BCUT2D eigenvalue weighted by atomic mass is 16.7. The summed E-state index contributed by atoms with van der Waals surface area (Å²) >= 11 is 0. The van der Waals surface area contributed by atoms with Gasteiger partial charge >= 0.3 is 13.1 Å². The molecule has 1 saturated heterocycles. The van der Waals surface area contributed by atoms with Gasteiger partial charge in [-0.15, -0.1) is 0 Å². The van der Waals surface area contributed by atoms with Crippen LogP contribution in [-0.4, -0.2) is 46.8 Å². The van der Waals surface area contributed by atoms with Gasteiger partial charge < -0.3 is 24.7 Å². The number of pyridine rings is 1. The Morgan fingerprint density at radius 1 is 1.20 bits per heavy atom. The first-order valence-electron chi connectivity index (χ1n) is 9.60. The molecule has 0 atom stereocenters. The number of hydrogen-bond acceptors (Lipinski definition) is 5. The van der Waals surface area contributed by atoms with Crippen LogP contribution in [0.3, 0.4) is 0 Å². The Morgan fingerprint density at radius 2 is 1.83 bits per heavy atom. The van der Waals surface area contributed by atoms with E-state index in [9.17, 15) is 14.4 Å². The number of carbonyl (C=O) groups is 2. The molecule has 1 aliphatic heterocycles. The number of aromatic amines is 1. The highest BCUT2D eigenvalue weighted by molar-refractivity contribution is 6.56. The summed E-state index contributed by atoms with van der Waals surface area (Å²) in [5.74, 6) is -1.46. The minimum Gasteiger partial charge on any atom is -0.477 e. The fraction of sp³-hybridized carbons (Fsp3) is 0.381. The third kappa shape index (κ3) is 4.17. The molecule has 0 aliphatic carbocycles. The molecular weight excluding hydrogens is 387 g/mol. The van der Waals surface area contributed by atoms with Crippen LogP contribution in [0.5, 0.6) is 0 Å². The smallest absolute Gasteiger partial charge is 0.477 e. The van der Waals surface area contributed by atoms with Crippen LogP contribution < -0.4 is 10.7 Å². The summed E-state index contributed by atoms with van der Waals surface area (Å²) in [6, 6.07) is 5.02. The lowest BCUT2D eigenvalue weighted by atomic mass is 9.77. The van der Waals surface area contributed by atoms with Crippen LogP contribution >= 0.6 is 0 Å². The maximum Gasteiger partial charge on any atom is 0.492 e. The molecule has 1 aromatic carbocycles. The van der Waals surface area contributed by atoms with Crippen molar-refractivity contribution >= 4 is 36.0 Å². The second kappa shape index (κ2) is 7.73. The number of carbonyl (C=O) groups excluding carboxylic acids is 1. The van der Waals surface area contributed by atoms with Crippen molar-refractivity contribution in [3.63, 3.8) is 0 Å². The predicted octanol–water partition coefficient (Wildman–Crippen LogP) is 2.38. The second-order valence-corrected chi connectivity index (χ2v) is 8.36. The van der Waals surface area contributed by atoms with E-state index in [1.807, 2.05) is 33.8 Å². The highest BCUT2D eigenvalue weighted by Gasteiger charge is 2.52. The fourth-order valence-corrected chi connectivity index (χ4v) is 3.13. The van der Waals surface area contributed by atoms with Gasteiger partial charge in [-0.05, 0) is 50.9 Å². The third-order valence-electron chi connectivity index (χ3n) is 5.58. The molecule has 158 valence electrons. The number of rotatable bonds is 5.